The van der Waals surface area contributed by atoms with Gasteiger partial charge in [-0.1, -0.05) is 13.8 Å². The predicted octanol–water partition coefficient (Wildman–Crippen LogP) is 2.68. The lowest BCUT2D eigenvalue weighted by Crippen LogP contribution is -2.46. The van der Waals surface area contributed by atoms with Gasteiger partial charge in [0.15, 0.2) is 0 Å². The standard InChI is InChI=1S/C12H22NO/c1-3-5-7-13(8-6-4-2)9-11-14-12-10-13/h5-8H,3-4,9-12H2,1-2H3/q+1. The van der Waals surface area contributed by atoms with Crippen LogP contribution < -0.4 is 0 Å². The van der Waals surface area contributed by atoms with Crippen molar-refractivity contribution in [2.75, 3.05) is 26.3 Å². The predicted molar refractivity (Wildman–Crippen MR) is 59.7 cm³/mol. The molecule has 0 bridgehead atoms. The van der Waals surface area contributed by atoms with Crippen molar-refractivity contribution in [3.05, 3.63) is 24.6 Å². The lowest BCUT2D eigenvalue weighted by molar-refractivity contribution is -0.837. The fourth-order valence-corrected chi connectivity index (χ4v) is 1.66. The molecule has 0 aliphatic carbocycles. The number of rotatable bonds is 4. The first kappa shape index (κ1) is 11.5. The summed E-state index contributed by atoms with van der Waals surface area (Å²) in [7, 11) is 0. The third-order valence-electron chi connectivity index (χ3n) is 2.58. The van der Waals surface area contributed by atoms with Crippen LogP contribution in [0, 0.1) is 0 Å². The zero-order chi connectivity index (χ0) is 10.3. The molecule has 2 nitrogen and oxygen atoms in total. The minimum atomic E-state index is 0.877. The molecule has 0 atom stereocenters. The molecule has 0 N–H and O–H groups in total. The molecule has 1 heterocycles. The van der Waals surface area contributed by atoms with Gasteiger partial charge in [-0.05, 0) is 25.0 Å². The van der Waals surface area contributed by atoms with Gasteiger partial charge in [0, 0.05) is 0 Å². The van der Waals surface area contributed by atoms with E-state index in [1.165, 1.54) is 0 Å². The normalized spacial score (nSPS) is 22.1. The van der Waals surface area contributed by atoms with E-state index in [9.17, 15) is 0 Å². The molecule has 0 spiro atoms. The first-order chi connectivity index (χ1) is 6.83. The first-order valence-electron chi connectivity index (χ1n) is 5.62. The number of ether oxygens (including phenoxy) is 1. The van der Waals surface area contributed by atoms with Crippen molar-refractivity contribution >= 4 is 0 Å². The fourth-order valence-electron chi connectivity index (χ4n) is 1.66. The van der Waals surface area contributed by atoms with Gasteiger partial charge in [0.2, 0.25) is 0 Å². The average Bonchev–Trinajstić information content (AvgIpc) is 2.25. The van der Waals surface area contributed by atoms with Gasteiger partial charge < -0.3 is 4.74 Å². The molecule has 1 aliphatic rings. The Hall–Kier alpha value is -0.600. The minimum absolute atomic E-state index is 0.877. The highest BCUT2D eigenvalue weighted by Crippen LogP contribution is 2.14. The monoisotopic (exact) mass is 196 g/mol. The van der Waals surface area contributed by atoms with Crippen LogP contribution in [0.4, 0.5) is 0 Å². The molecule has 1 fully saturated rings. The largest absolute Gasteiger partial charge is 0.370 e. The molecule has 0 radical (unpaired) electrons. The van der Waals surface area contributed by atoms with Crippen molar-refractivity contribution < 1.29 is 9.22 Å². The van der Waals surface area contributed by atoms with E-state index in [4.69, 9.17) is 4.74 Å². The lowest BCUT2D eigenvalue weighted by Gasteiger charge is -2.34. The molecular formula is C12H22NO+. The lowest BCUT2D eigenvalue weighted by atomic mass is 10.3. The van der Waals surface area contributed by atoms with Gasteiger partial charge in [-0.15, -0.1) is 0 Å². The Morgan fingerprint density at radius 3 is 1.93 bits per heavy atom. The van der Waals surface area contributed by atoms with Crippen molar-refractivity contribution in [1.82, 2.24) is 0 Å². The number of hydrogen-bond acceptors (Lipinski definition) is 1. The van der Waals surface area contributed by atoms with Crippen LogP contribution >= 0.6 is 0 Å². The van der Waals surface area contributed by atoms with E-state index in [0.29, 0.717) is 0 Å². The molecule has 0 amide bonds. The van der Waals surface area contributed by atoms with Gasteiger partial charge in [-0.25, -0.2) is 0 Å². The zero-order valence-electron chi connectivity index (χ0n) is 9.41. The molecule has 0 aromatic heterocycles. The molecule has 0 aromatic rings. The van der Waals surface area contributed by atoms with E-state index in [1.54, 1.807) is 0 Å². The third-order valence-corrected chi connectivity index (χ3v) is 2.58. The second-order valence-corrected chi connectivity index (χ2v) is 3.75. The van der Waals surface area contributed by atoms with Crippen molar-refractivity contribution in [2.45, 2.75) is 26.7 Å². The Labute approximate surface area is 87.5 Å². The highest BCUT2D eigenvalue weighted by atomic mass is 16.5. The molecule has 1 saturated heterocycles. The van der Waals surface area contributed by atoms with E-state index >= 15 is 0 Å². The average molecular weight is 196 g/mol. The van der Waals surface area contributed by atoms with Crippen molar-refractivity contribution in [3.8, 4) is 0 Å². The van der Waals surface area contributed by atoms with Crippen LogP contribution in [0.25, 0.3) is 0 Å². The Bertz CT molecular complexity index is 186. The molecule has 1 rings (SSSR count). The molecule has 14 heavy (non-hydrogen) atoms. The van der Waals surface area contributed by atoms with E-state index < -0.39 is 0 Å². The van der Waals surface area contributed by atoms with E-state index in [1.807, 2.05) is 0 Å². The Balaban J connectivity index is 2.66. The maximum Gasteiger partial charge on any atom is 0.111 e. The molecule has 0 saturated carbocycles. The van der Waals surface area contributed by atoms with Crippen LogP contribution in [0.2, 0.25) is 0 Å². The number of hydrogen-bond donors (Lipinski definition) is 0. The second kappa shape index (κ2) is 5.99. The Kier molecular flexibility index (Phi) is 4.91. The van der Waals surface area contributed by atoms with Crippen molar-refractivity contribution in [1.29, 1.82) is 0 Å². The van der Waals surface area contributed by atoms with Crippen LogP contribution in [0.15, 0.2) is 24.6 Å². The van der Waals surface area contributed by atoms with Gasteiger partial charge in [0.1, 0.15) is 13.1 Å². The molecule has 80 valence electrons. The summed E-state index contributed by atoms with van der Waals surface area (Å²) in [6, 6.07) is 0. The zero-order valence-corrected chi connectivity index (χ0v) is 9.41. The van der Waals surface area contributed by atoms with Crippen LogP contribution in [-0.2, 0) is 4.74 Å². The summed E-state index contributed by atoms with van der Waals surface area (Å²) in [5.41, 5.74) is 0. The highest BCUT2D eigenvalue weighted by molar-refractivity contribution is 4.82. The summed E-state index contributed by atoms with van der Waals surface area (Å²) in [6.45, 7) is 8.26. The maximum absolute atomic E-state index is 5.40. The quantitative estimate of drug-likeness (QED) is 0.628. The number of morpholine rings is 1. The topological polar surface area (TPSA) is 9.23 Å². The van der Waals surface area contributed by atoms with Gasteiger partial charge in [-0.2, -0.15) is 0 Å². The maximum atomic E-state index is 5.40. The molecule has 0 aromatic carbocycles. The van der Waals surface area contributed by atoms with Gasteiger partial charge in [-0.3, -0.25) is 4.48 Å². The Morgan fingerprint density at radius 2 is 1.50 bits per heavy atom. The summed E-state index contributed by atoms with van der Waals surface area (Å²) in [4.78, 5) is 0. The minimum Gasteiger partial charge on any atom is -0.370 e. The number of nitrogens with zero attached hydrogens (tertiary/aromatic N) is 1. The number of allylic oxidation sites excluding steroid dienone is 2. The van der Waals surface area contributed by atoms with Crippen molar-refractivity contribution in [2.24, 2.45) is 0 Å². The van der Waals surface area contributed by atoms with Gasteiger partial charge >= 0.3 is 0 Å². The SMILES string of the molecule is CCC=C[N+]1(C=CCC)CCOCC1. The fraction of sp³-hybridized carbons (Fsp3) is 0.667. The summed E-state index contributed by atoms with van der Waals surface area (Å²) >= 11 is 0. The Morgan fingerprint density at radius 1 is 1.00 bits per heavy atom. The first-order valence-corrected chi connectivity index (χ1v) is 5.62. The summed E-state index contributed by atoms with van der Waals surface area (Å²) in [6.07, 6.45) is 11.4. The summed E-state index contributed by atoms with van der Waals surface area (Å²) in [5, 5.41) is 0. The van der Waals surface area contributed by atoms with E-state index in [2.05, 4.69) is 38.4 Å². The van der Waals surface area contributed by atoms with Crippen LogP contribution in [-0.4, -0.2) is 30.8 Å². The van der Waals surface area contributed by atoms with Gasteiger partial charge in [0.25, 0.3) is 0 Å². The second-order valence-electron chi connectivity index (χ2n) is 3.75. The summed E-state index contributed by atoms with van der Waals surface area (Å²) < 4.78 is 6.38. The number of quaternary nitrogens is 1. The molecule has 1 aliphatic heterocycles. The molecule has 0 unspecified atom stereocenters. The molecular weight excluding hydrogens is 174 g/mol. The molecule has 2 heteroatoms. The third kappa shape index (κ3) is 3.28. The van der Waals surface area contributed by atoms with Crippen LogP contribution in [0.5, 0.6) is 0 Å². The van der Waals surface area contributed by atoms with Crippen LogP contribution in [0.3, 0.4) is 0 Å². The smallest absolute Gasteiger partial charge is 0.111 e. The highest BCUT2D eigenvalue weighted by Gasteiger charge is 2.25. The summed E-state index contributed by atoms with van der Waals surface area (Å²) in [5.74, 6) is 0. The van der Waals surface area contributed by atoms with Crippen molar-refractivity contribution in [3.63, 3.8) is 0 Å². The van der Waals surface area contributed by atoms with Gasteiger partial charge in [0.05, 0.1) is 25.6 Å². The van der Waals surface area contributed by atoms with Crippen LogP contribution in [0.1, 0.15) is 26.7 Å². The van der Waals surface area contributed by atoms with E-state index in [0.717, 1.165) is 43.6 Å². The van der Waals surface area contributed by atoms with E-state index in [-0.39, 0.29) is 0 Å².